The van der Waals surface area contributed by atoms with E-state index >= 15 is 0 Å². The van der Waals surface area contributed by atoms with Crippen molar-refractivity contribution < 1.29 is 15.3 Å². The van der Waals surface area contributed by atoms with Crippen LogP contribution in [0.5, 0.6) is 17.2 Å². The Bertz CT molecular complexity index is 1290. The average Bonchev–Trinajstić information content (AvgIpc) is 3.03. The van der Waals surface area contributed by atoms with Crippen LogP contribution >= 0.6 is 0 Å². The minimum absolute atomic E-state index is 0. The molecule has 0 aromatic carbocycles. The first-order valence-electron chi connectivity index (χ1n) is 16.7. The third-order valence-corrected chi connectivity index (χ3v) is 8.00. The number of rotatable bonds is 15. The van der Waals surface area contributed by atoms with Crippen LogP contribution < -0.4 is 16.3 Å². The van der Waals surface area contributed by atoms with Crippen molar-refractivity contribution in [3.8, 4) is 17.2 Å². The van der Waals surface area contributed by atoms with Gasteiger partial charge in [-0.15, -0.1) is 0 Å². The smallest absolute Gasteiger partial charge is 0.223 e. The summed E-state index contributed by atoms with van der Waals surface area (Å²) in [7, 11) is 0. The summed E-state index contributed by atoms with van der Waals surface area (Å²) in [4.78, 5) is 33.3. The Kier molecular flexibility index (Phi) is 22.8. The number of aromatic nitrogens is 3. The minimum Gasteiger partial charge on any atom is -0.503 e. The van der Waals surface area contributed by atoms with Gasteiger partial charge in [-0.3, -0.25) is 14.4 Å². The average molecular weight is 743 g/mol. The van der Waals surface area contributed by atoms with Crippen molar-refractivity contribution in [1.29, 1.82) is 0 Å². The van der Waals surface area contributed by atoms with Crippen LogP contribution in [0.25, 0.3) is 0 Å². The Morgan fingerprint density at radius 3 is 0.913 bits per heavy atom. The van der Waals surface area contributed by atoms with E-state index in [-0.39, 0.29) is 59.4 Å². The van der Waals surface area contributed by atoms with Gasteiger partial charge in [0.15, 0.2) is 17.2 Å². The van der Waals surface area contributed by atoms with Gasteiger partial charge < -0.3 is 29.0 Å². The molecule has 3 radical (unpaired) electrons. The molecule has 46 heavy (non-hydrogen) atoms. The molecule has 0 spiro atoms. The van der Waals surface area contributed by atoms with Crippen LogP contribution in [0.15, 0.2) is 51.2 Å². The van der Waals surface area contributed by atoms with Crippen LogP contribution in [0, 0.1) is 20.8 Å². The van der Waals surface area contributed by atoms with Gasteiger partial charge >= 0.3 is 0 Å². The van der Waals surface area contributed by atoms with Crippen LogP contribution in [0.2, 0.25) is 0 Å². The molecule has 0 aliphatic carbocycles. The summed E-state index contributed by atoms with van der Waals surface area (Å²) in [6, 6.07) is 4.26. The molecule has 3 N–H and O–H groups in total. The monoisotopic (exact) mass is 742 g/mol. The van der Waals surface area contributed by atoms with E-state index in [9.17, 15) is 29.7 Å². The number of hydrogen-bond acceptors (Lipinski definition) is 6. The molecule has 0 saturated carbocycles. The van der Waals surface area contributed by atoms with Crippen LogP contribution in [-0.4, -0.2) is 54.9 Å². The third-order valence-electron chi connectivity index (χ3n) is 8.00. The summed E-state index contributed by atoms with van der Waals surface area (Å²) in [6.45, 7) is 14.5. The fourth-order valence-corrected chi connectivity index (χ4v) is 4.84. The van der Waals surface area contributed by atoms with E-state index in [0.717, 1.165) is 38.9 Å². The molecule has 0 atom stereocenters. The van der Waals surface area contributed by atoms with Gasteiger partial charge in [0.25, 0.3) is 0 Å². The summed E-state index contributed by atoms with van der Waals surface area (Å²) in [5.41, 5.74) is 1.11. The van der Waals surface area contributed by atoms with Gasteiger partial charge in [-0.2, -0.15) is 0 Å². The molecule has 0 bridgehead atoms. The summed E-state index contributed by atoms with van der Waals surface area (Å²) in [5, 5.41) is 28.4. The number of hydrogen-bond donors (Lipinski definition) is 3. The first-order valence-corrected chi connectivity index (χ1v) is 16.7. The summed E-state index contributed by atoms with van der Waals surface area (Å²) < 4.78 is 5.81. The minimum atomic E-state index is -0.294. The molecule has 0 fully saturated rings. The Morgan fingerprint density at radius 1 is 0.457 bits per heavy atom. The summed E-state index contributed by atoms with van der Waals surface area (Å²) in [6.07, 6.45) is 19.5. The van der Waals surface area contributed by atoms with Crippen molar-refractivity contribution in [1.82, 2.24) is 13.7 Å². The zero-order valence-electron chi connectivity index (χ0n) is 29.1. The summed E-state index contributed by atoms with van der Waals surface area (Å²) in [5.74, 6) is -0.353. The van der Waals surface area contributed by atoms with Crippen LogP contribution in [0.3, 0.4) is 0 Å². The number of unbranched alkanes of at least 4 members (excludes halogenated alkanes) is 9. The van der Waals surface area contributed by atoms with Crippen molar-refractivity contribution in [2.45, 2.75) is 138 Å². The second kappa shape index (κ2) is 24.3. The molecule has 3 aromatic heterocycles. The molecule has 10 heteroatoms. The predicted molar refractivity (Wildman–Crippen MR) is 189 cm³/mol. The Morgan fingerprint density at radius 2 is 0.696 bits per heavy atom. The normalized spacial score (nSPS) is 10.3. The number of nitrogens with zero attached hydrogens (tertiary/aromatic N) is 3. The predicted octanol–water partition coefficient (Wildman–Crippen LogP) is 6.95. The zero-order chi connectivity index (χ0) is 33.8. The van der Waals surface area contributed by atoms with Crippen molar-refractivity contribution >= 4 is 25.8 Å². The molecule has 255 valence electrons. The molecular weight excluding hydrogens is 685 g/mol. The maximum Gasteiger partial charge on any atom is 0.223 e. The molecular formula is C36H57InN3O6. The van der Waals surface area contributed by atoms with E-state index in [1.54, 1.807) is 39.4 Å². The summed E-state index contributed by atoms with van der Waals surface area (Å²) >= 11 is 0. The fourth-order valence-electron chi connectivity index (χ4n) is 4.84. The quantitative estimate of drug-likeness (QED) is 0.145. The number of pyridine rings is 3. The van der Waals surface area contributed by atoms with Crippen molar-refractivity contribution in [3.63, 3.8) is 0 Å². The fraction of sp³-hybridized carbons (Fsp3) is 0.583. The van der Waals surface area contributed by atoms with Crippen molar-refractivity contribution in [2.24, 2.45) is 0 Å². The third kappa shape index (κ3) is 15.1. The first kappa shape index (κ1) is 43.1. The van der Waals surface area contributed by atoms with Crippen LogP contribution in [0.1, 0.15) is 115 Å². The molecule has 0 aliphatic rings. The second-order valence-corrected chi connectivity index (χ2v) is 11.6. The molecule has 0 amide bonds. The molecule has 9 nitrogen and oxygen atoms in total. The molecule has 3 heterocycles. The Hall–Kier alpha value is -2.88. The second-order valence-electron chi connectivity index (χ2n) is 11.6. The molecule has 0 aliphatic heterocycles. The number of aryl methyl sites for hydroxylation is 3. The molecule has 0 unspecified atom stereocenters. The Labute approximate surface area is 293 Å². The van der Waals surface area contributed by atoms with E-state index < -0.39 is 0 Å². The first-order chi connectivity index (χ1) is 21.5. The van der Waals surface area contributed by atoms with Crippen LogP contribution in [-0.2, 0) is 19.6 Å². The SMILES string of the molecule is CCCCCCn1ccc(=O)c(O)c1C.CCCCCCn1ccc(=O)c(O)c1C.CCCCCCn1ccc(=O)c(O)c1C.[In]. The van der Waals surface area contributed by atoms with Gasteiger partial charge in [0, 0.05) is 82.3 Å². The van der Waals surface area contributed by atoms with E-state index in [2.05, 4.69) is 20.8 Å². The van der Waals surface area contributed by atoms with Crippen LogP contribution in [0.4, 0.5) is 0 Å². The van der Waals surface area contributed by atoms with E-state index in [0.29, 0.717) is 17.1 Å². The topological polar surface area (TPSA) is 127 Å². The van der Waals surface area contributed by atoms with Gasteiger partial charge in [-0.05, 0) is 40.0 Å². The van der Waals surface area contributed by atoms with E-state index in [1.807, 2.05) is 13.7 Å². The van der Waals surface area contributed by atoms with Gasteiger partial charge in [0.05, 0.1) is 17.1 Å². The van der Waals surface area contributed by atoms with Gasteiger partial charge in [0.1, 0.15) is 0 Å². The maximum absolute atomic E-state index is 11.1. The largest absolute Gasteiger partial charge is 0.503 e. The van der Waals surface area contributed by atoms with Gasteiger partial charge in [0.2, 0.25) is 16.3 Å². The van der Waals surface area contributed by atoms with Gasteiger partial charge in [-0.1, -0.05) is 78.6 Å². The van der Waals surface area contributed by atoms with E-state index in [1.165, 1.54) is 76.0 Å². The molecule has 3 rings (SSSR count). The molecule has 0 saturated heterocycles. The van der Waals surface area contributed by atoms with Crippen molar-refractivity contribution in [3.05, 3.63) is 84.5 Å². The Balaban J connectivity index is 0.000000653. The standard InChI is InChI=1S/3C12H19NO2.In/c3*1-3-4-5-6-8-13-9-7-11(14)12(15)10(13)2;/h3*7,9,15H,3-6,8H2,1-2H3;. The van der Waals surface area contributed by atoms with Gasteiger partial charge in [-0.25, -0.2) is 0 Å². The molecule has 3 aromatic rings. The van der Waals surface area contributed by atoms with E-state index in [4.69, 9.17) is 0 Å². The maximum atomic E-state index is 11.1. The number of aromatic hydroxyl groups is 3. The van der Waals surface area contributed by atoms with Crippen molar-refractivity contribution in [2.75, 3.05) is 0 Å². The zero-order valence-corrected chi connectivity index (χ0v) is 32.4.